The van der Waals surface area contributed by atoms with Crippen molar-refractivity contribution < 1.29 is 9.30 Å². The molecule has 0 fully saturated rings. The summed E-state index contributed by atoms with van der Waals surface area (Å²) in [6.45, 7) is 2.12. The van der Waals surface area contributed by atoms with Gasteiger partial charge in [-0.1, -0.05) is 66.2 Å². The predicted octanol–water partition coefficient (Wildman–Crippen LogP) is 6.77. The van der Waals surface area contributed by atoms with Crippen LogP contribution in [-0.4, -0.2) is 7.11 Å². The summed E-state index contributed by atoms with van der Waals surface area (Å²) in [5.74, 6) is 0.858. The summed E-state index contributed by atoms with van der Waals surface area (Å²) >= 11 is 0. The fourth-order valence-electron chi connectivity index (χ4n) is 4.13. The SMILES string of the molecule is COc1ccc2c[n+](-c3ccc(C)cc3)c(-c3ccccc3)c(-c3ccccc3)c2c1. The Morgan fingerprint density at radius 3 is 1.97 bits per heavy atom. The molecule has 0 bridgehead atoms. The van der Waals surface area contributed by atoms with E-state index >= 15 is 0 Å². The van der Waals surface area contributed by atoms with E-state index in [1.165, 1.54) is 33.0 Å². The molecule has 4 aromatic carbocycles. The number of nitrogens with zero attached hydrogens (tertiary/aromatic N) is 1. The van der Waals surface area contributed by atoms with E-state index in [4.69, 9.17) is 4.74 Å². The largest absolute Gasteiger partial charge is 0.497 e. The van der Waals surface area contributed by atoms with Crippen molar-refractivity contribution in [2.45, 2.75) is 6.92 Å². The lowest BCUT2D eigenvalue weighted by Crippen LogP contribution is -2.34. The van der Waals surface area contributed by atoms with Crippen LogP contribution >= 0.6 is 0 Å². The van der Waals surface area contributed by atoms with E-state index < -0.39 is 0 Å². The smallest absolute Gasteiger partial charge is 0.226 e. The van der Waals surface area contributed by atoms with E-state index in [0.29, 0.717) is 0 Å². The number of pyridine rings is 1. The van der Waals surface area contributed by atoms with E-state index in [1.54, 1.807) is 7.11 Å². The first kappa shape index (κ1) is 19.1. The molecule has 5 aromatic rings. The molecule has 0 aliphatic rings. The van der Waals surface area contributed by atoms with Crippen molar-refractivity contribution in [1.82, 2.24) is 0 Å². The zero-order chi connectivity index (χ0) is 21.2. The van der Waals surface area contributed by atoms with Gasteiger partial charge in [0.05, 0.1) is 12.7 Å². The van der Waals surface area contributed by atoms with Crippen LogP contribution in [0.2, 0.25) is 0 Å². The molecule has 150 valence electrons. The highest BCUT2D eigenvalue weighted by Gasteiger charge is 2.25. The van der Waals surface area contributed by atoms with Crippen molar-refractivity contribution >= 4 is 10.8 Å². The van der Waals surface area contributed by atoms with Gasteiger partial charge < -0.3 is 4.74 Å². The van der Waals surface area contributed by atoms with Crippen LogP contribution in [0, 0.1) is 6.92 Å². The van der Waals surface area contributed by atoms with Crippen LogP contribution in [-0.2, 0) is 0 Å². The molecule has 0 unspecified atom stereocenters. The van der Waals surface area contributed by atoms with E-state index in [2.05, 4.69) is 115 Å². The summed E-state index contributed by atoms with van der Waals surface area (Å²) < 4.78 is 7.89. The van der Waals surface area contributed by atoms with E-state index in [0.717, 1.165) is 17.1 Å². The molecular formula is C29H24NO+. The molecule has 0 saturated heterocycles. The third-order valence-corrected chi connectivity index (χ3v) is 5.70. The van der Waals surface area contributed by atoms with Crippen LogP contribution < -0.4 is 9.30 Å². The molecule has 0 N–H and O–H groups in total. The highest BCUT2D eigenvalue weighted by Crippen LogP contribution is 2.37. The summed E-state index contributed by atoms with van der Waals surface area (Å²) in [4.78, 5) is 0. The van der Waals surface area contributed by atoms with Gasteiger partial charge >= 0.3 is 0 Å². The third-order valence-electron chi connectivity index (χ3n) is 5.70. The maximum absolute atomic E-state index is 5.58. The van der Waals surface area contributed by atoms with Crippen LogP contribution in [0.15, 0.2) is 109 Å². The van der Waals surface area contributed by atoms with Crippen LogP contribution in [0.3, 0.4) is 0 Å². The lowest BCUT2D eigenvalue weighted by Gasteiger charge is -2.14. The van der Waals surface area contributed by atoms with Gasteiger partial charge in [-0.2, -0.15) is 4.57 Å². The van der Waals surface area contributed by atoms with Crippen molar-refractivity contribution in [3.8, 4) is 33.8 Å². The summed E-state index contributed by atoms with van der Waals surface area (Å²) in [5, 5.41) is 2.34. The maximum atomic E-state index is 5.58. The third kappa shape index (κ3) is 3.57. The van der Waals surface area contributed by atoms with Crippen LogP contribution in [0.1, 0.15) is 5.56 Å². The molecule has 0 amide bonds. The van der Waals surface area contributed by atoms with E-state index in [1.807, 2.05) is 6.07 Å². The number of ether oxygens (including phenoxy) is 1. The predicted molar refractivity (Wildman–Crippen MR) is 128 cm³/mol. The first-order chi connectivity index (χ1) is 15.2. The second-order valence-electron chi connectivity index (χ2n) is 7.74. The highest BCUT2D eigenvalue weighted by atomic mass is 16.5. The Balaban J connectivity index is 1.96. The quantitative estimate of drug-likeness (QED) is 0.302. The van der Waals surface area contributed by atoms with Gasteiger partial charge in [0, 0.05) is 28.5 Å². The molecular weight excluding hydrogens is 378 g/mol. The molecule has 0 spiro atoms. The van der Waals surface area contributed by atoms with Crippen molar-refractivity contribution in [2.75, 3.05) is 7.11 Å². The number of benzene rings is 4. The maximum Gasteiger partial charge on any atom is 0.226 e. The van der Waals surface area contributed by atoms with Gasteiger partial charge in [0.15, 0.2) is 6.20 Å². The summed E-state index contributed by atoms with van der Waals surface area (Å²) in [7, 11) is 1.72. The van der Waals surface area contributed by atoms with Gasteiger partial charge in [-0.25, -0.2) is 0 Å². The number of hydrogen-bond donors (Lipinski definition) is 0. The van der Waals surface area contributed by atoms with Crippen molar-refractivity contribution in [3.63, 3.8) is 0 Å². The fraction of sp³-hybridized carbons (Fsp3) is 0.0690. The average molecular weight is 403 g/mol. The Morgan fingerprint density at radius 1 is 0.677 bits per heavy atom. The average Bonchev–Trinajstić information content (AvgIpc) is 2.84. The van der Waals surface area contributed by atoms with Crippen LogP contribution in [0.5, 0.6) is 5.75 Å². The van der Waals surface area contributed by atoms with Crippen LogP contribution in [0.25, 0.3) is 38.8 Å². The highest BCUT2D eigenvalue weighted by molar-refractivity contribution is 6.01. The van der Waals surface area contributed by atoms with Gasteiger partial charge in [-0.3, -0.25) is 0 Å². The van der Waals surface area contributed by atoms with Crippen molar-refractivity contribution in [2.24, 2.45) is 0 Å². The Hall–Kier alpha value is -3.91. The Morgan fingerprint density at radius 2 is 1.32 bits per heavy atom. The molecule has 0 aliphatic heterocycles. The number of methoxy groups -OCH3 is 1. The summed E-state index contributed by atoms with van der Waals surface area (Å²) in [6.07, 6.45) is 2.23. The lowest BCUT2D eigenvalue weighted by molar-refractivity contribution is -0.581. The molecule has 31 heavy (non-hydrogen) atoms. The molecule has 1 aromatic heterocycles. The van der Waals surface area contributed by atoms with Gasteiger partial charge in [0.25, 0.3) is 0 Å². The van der Waals surface area contributed by atoms with Gasteiger partial charge in [0.2, 0.25) is 11.4 Å². The fourth-order valence-corrected chi connectivity index (χ4v) is 4.13. The molecule has 1 heterocycles. The second-order valence-corrected chi connectivity index (χ2v) is 7.74. The molecule has 0 radical (unpaired) electrons. The number of aromatic nitrogens is 1. The number of hydrogen-bond acceptors (Lipinski definition) is 1. The number of rotatable bonds is 4. The van der Waals surface area contributed by atoms with Crippen LogP contribution in [0.4, 0.5) is 0 Å². The first-order valence-corrected chi connectivity index (χ1v) is 10.5. The summed E-state index contributed by atoms with van der Waals surface area (Å²) in [5.41, 5.74) is 7.10. The van der Waals surface area contributed by atoms with E-state index in [-0.39, 0.29) is 0 Å². The second kappa shape index (κ2) is 8.08. The Kier molecular flexibility index (Phi) is 4.97. The normalized spacial score (nSPS) is 10.9. The molecule has 2 nitrogen and oxygen atoms in total. The molecule has 2 heteroatoms. The molecule has 0 saturated carbocycles. The number of fused-ring (bicyclic) bond motifs is 1. The van der Waals surface area contributed by atoms with Gasteiger partial charge in [-0.05, 0) is 42.8 Å². The summed E-state index contributed by atoms with van der Waals surface area (Å²) in [6, 6.07) is 36.2. The number of aryl methyl sites for hydroxylation is 1. The Labute approximate surface area is 183 Å². The van der Waals surface area contributed by atoms with Gasteiger partial charge in [0.1, 0.15) is 5.75 Å². The molecule has 5 rings (SSSR count). The van der Waals surface area contributed by atoms with Crippen molar-refractivity contribution in [3.05, 3.63) is 115 Å². The first-order valence-electron chi connectivity index (χ1n) is 10.5. The minimum atomic E-state index is 0.858. The zero-order valence-electron chi connectivity index (χ0n) is 17.7. The standard InChI is InChI=1S/C29H24NO/c1-21-13-16-25(17-14-21)30-20-24-15-18-26(31-2)19-27(24)28(22-9-5-3-6-10-22)29(30)23-11-7-4-8-12-23/h3-20H,1-2H3/q+1. The topological polar surface area (TPSA) is 13.1 Å². The minimum absolute atomic E-state index is 0.858. The zero-order valence-corrected chi connectivity index (χ0v) is 17.7. The van der Waals surface area contributed by atoms with Crippen molar-refractivity contribution in [1.29, 1.82) is 0 Å². The molecule has 0 aliphatic carbocycles. The molecule has 0 atom stereocenters. The Bertz CT molecular complexity index is 1340. The lowest BCUT2D eigenvalue weighted by atomic mass is 9.93. The monoisotopic (exact) mass is 402 g/mol. The van der Waals surface area contributed by atoms with E-state index in [9.17, 15) is 0 Å². The van der Waals surface area contributed by atoms with Gasteiger partial charge in [-0.15, -0.1) is 0 Å². The minimum Gasteiger partial charge on any atom is -0.497 e.